The second kappa shape index (κ2) is 6.52. The van der Waals surface area contributed by atoms with Crippen LogP contribution in [0.2, 0.25) is 0 Å². The van der Waals surface area contributed by atoms with Gasteiger partial charge in [-0.2, -0.15) is 10.1 Å². The largest absolute Gasteiger partial charge is 0.332 e. The number of fused-ring (bicyclic) bond motifs is 1. The molecule has 23 heavy (non-hydrogen) atoms. The average Bonchev–Trinajstić information content (AvgIpc) is 3.14. The minimum Gasteiger partial charge on any atom is -0.332 e. The number of hydrogen-bond donors (Lipinski definition) is 1. The lowest BCUT2D eigenvalue weighted by molar-refractivity contribution is 0.421. The second-order valence-electron chi connectivity index (χ2n) is 5.50. The first-order chi connectivity index (χ1) is 10.8. The monoisotopic (exact) mass is 331 g/mol. The summed E-state index contributed by atoms with van der Waals surface area (Å²) in [6.07, 6.45) is 1.64. The quantitative estimate of drug-likeness (QED) is 0.796. The molecule has 1 aliphatic heterocycles. The zero-order chi connectivity index (χ0) is 14.9. The van der Waals surface area contributed by atoms with E-state index in [1.807, 2.05) is 29.9 Å². The van der Waals surface area contributed by atoms with E-state index in [-0.39, 0.29) is 12.4 Å². The van der Waals surface area contributed by atoms with Gasteiger partial charge in [-0.25, -0.2) is 0 Å². The van der Waals surface area contributed by atoms with Crippen LogP contribution in [0.5, 0.6) is 0 Å². The molecule has 6 nitrogen and oxygen atoms in total. The number of nitrogens with zero attached hydrogens (tertiary/aromatic N) is 4. The molecular formula is C16H18ClN5O. The van der Waals surface area contributed by atoms with Gasteiger partial charge < -0.3 is 9.84 Å². The maximum absolute atomic E-state index is 5.44. The van der Waals surface area contributed by atoms with Crippen LogP contribution in [-0.2, 0) is 26.4 Å². The fraction of sp³-hybridized carbons (Fsp3) is 0.312. The van der Waals surface area contributed by atoms with Gasteiger partial charge in [0.1, 0.15) is 0 Å². The molecule has 1 aliphatic rings. The van der Waals surface area contributed by atoms with Crippen molar-refractivity contribution in [2.75, 3.05) is 6.54 Å². The van der Waals surface area contributed by atoms with Crippen LogP contribution in [0.25, 0.3) is 11.6 Å². The summed E-state index contributed by atoms with van der Waals surface area (Å²) in [6, 6.07) is 10.1. The highest BCUT2D eigenvalue weighted by Crippen LogP contribution is 2.26. The second-order valence-corrected chi connectivity index (χ2v) is 5.50. The Hall–Kier alpha value is -2.18. The minimum absolute atomic E-state index is 0. The predicted octanol–water partition coefficient (Wildman–Crippen LogP) is 2.13. The lowest BCUT2D eigenvalue weighted by Crippen LogP contribution is -2.24. The predicted molar refractivity (Wildman–Crippen MR) is 88.4 cm³/mol. The molecule has 0 saturated heterocycles. The number of nitrogens with one attached hydrogen (secondary N) is 1. The molecule has 1 N–H and O–H groups in total. The number of rotatable bonds is 3. The van der Waals surface area contributed by atoms with Crippen LogP contribution in [-0.4, -0.2) is 26.5 Å². The molecule has 0 atom stereocenters. The maximum atomic E-state index is 5.44. The van der Waals surface area contributed by atoms with Gasteiger partial charge in [0.05, 0.1) is 0 Å². The highest BCUT2D eigenvalue weighted by molar-refractivity contribution is 5.85. The van der Waals surface area contributed by atoms with E-state index in [2.05, 4.69) is 32.7 Å². The van der Waals surface area contributed by atoms with E-state index < -0.39 is 0 Å². The van der Waals surface area contributed by atoms with E-state index >= 15 is 0 Å². The molecule has 0 amide bonds. The molecule has 3 aromatic rings. The molecule has 0 radical (unpaired) electrons. The third-order valence-corrected chi connectivity index (χ3v) is 3.99. The van der Waals surface area contributed by atoms with Crippen LogP contribution in [0, 0.1) is 0 Å². The Morgan fingerprint density at radius 3 is 2.91 bits per heavy atom. The van der Waals surface area contributed by atoms with E-state index in [0.29, 0.717) is 18.1 Å². The van der Waals surface area contributed by atoms with Crippen LogP contribution < -0.4 is 5.32 Å². The SMILES string of the molecule is Cl.Cn1nc(-c2nc(Cc3ccccc3)no2)c2c1CCNC2. The van der Waals surface area contributed by atoms with Crippen LogP contribution >= 0.6 is 12.4 Å². The van der Waals surface area contributed by atoms with E-state index in [1.165, 1.54) is 16.8 Å². The van der Waals surface area contributed by atoms with Crippen molar-refractivity contribution in [1.29, 1.82) is 0 Å². The van der Waals surface area contributed by atoms with Gasteiger partial charge in [0.15, 0.2) is 11.5 Å². The van der Waals surface area contributed by atoms with Gasteiger partial charge in [-0.15, -0.1) is 12.4 Å². The molecule has 0 spiro atoms. The van der Waals surface area contributed by atoms with Crippen molar-refractivity contribution >= 4 is 12.4 Å². The molecule has 2 aromatic heterocycles. The van der Waals surface area contributed by atoms with Gasteiger partial charge in [-0.05, 0) is 5.56 Å². The summed E-state index contributed by atoms with van der Waals surface area (Å²) in [7, 11) is 1.97. The normalized spacial score (nSPS) is 13.4. The molecule has 120 valence electrons. The van der Waals surface area contributed by atoms with Crippen LogP contribution in [0.15, 0.2) is 34.9 Å². The molecule has 0 unspecified atom stereocenters. The number of aromatic nitrogens is 4. The van der Waals surface area contributed by atoms with Crippen molar-refractivity contribution in [2.45, 2.75) is 19.4 Å². The number of halogens is 1. The summed E-state index contributed by atoms with van der Waals surface area (Å²) in [5, 5.41) is 12.0. The van der Waals surface area contributed by atoms with Gasteiger partial charge in [-0.3, -0.25) is 4.68 Å². The van der Waals surface area contributed by atoms with Crippen molar-refractivity contribution in [1.82, 2.24) is 25.2 Å². The smallest absolute Gasteiger partial charge is 0.278 e. The maximum Gasteiger partial charge on any atom is 0.278 e. The fourth-order valence-electron chi connectivity index (χ4n) is 2.89. The molecule has 0 bridgehead atoms. The Morgan fingerprint density at radius 1 is 1.26 bits per heavy atom. The van der Waals surface area contributed by atoms with Crippen LogP contribution in [0.4, 0.5) is 0 Å². The third-order valence-electron chi connectivity index (χ3n) is 3.99. The molecule has 4 rings (SSSR count). The Labute approximate surface area is 140 Å². The topological polar surface area (TPSA) is 68.8 Å². The number of aryl methyl sites for hydroxylation is 1. The summed E-state index contributed by atoms with van der Waals surface area (Å²) in [6.45, 7) is 1.78. The summed E-state index contributed by atoms with van der Waals surface area (Å²) in [4.78, 5) is 4.52. The fourth-order valence-corrected chi connectivity index (χ4v) is 2.89. The van der Waals surface area contributed by atoms with Gasteiger partial charge >= 0.3 is 0 Å². The summed E-state index contributed by atoms with van der Waals surface area (Å²) < 4.78 is 7.36. The van der Waals surface area contributed by atoms with Gasteiger partial charge in [-0.1, -0.05) is 35.5 Å². The van der Waals surface area contributed by atoms with E-state index in [0.717, 1.165) is 25.2 Å². The highest BCUT2D eigenvalue weighted by atomic mass is 35.5. The molecule has 3 heterocycles. The van der Waals surface area contributed by atoms with E-state index in [4.69, 9.17) is 4.52 Å². The molecule has 7 heteroatoms. The van der Waals surface area contributed by atoms with Crippen molar-refractivity contribution in [2.24, 2.45) is 7.05 Å². The Kier molecular flexibility index (Phi) is 4.45. The van der Waals surface area contributed by atoms with Crippen molar-refractivity contribution < 1.29 is 4.52 Å². The lowest BCUT2D eigenvalue weighted by atomic mass is 10.1. The number of benzene rings is 1. The Balaban J connectivity index is 0.00000156. The highest BCUT2D eigenvalue weighted by Gasteiger charge is 2.23. The molecular weight excluding hydrogens is 314 g/mol. The minimum atomic E-state index is 0. The first kappa shape index (κ1) is 15.7. The Morgan fingerprint density at radius 2 is 2.09 bits per heavy atom. The van der Waals surface area contributed by atoms with Crippen LogP contribution in [0.1, 0.15) is 22.6 Å². The molecule has 0 saturated carbocycles. The van der Waals surface area contributed by atoms with Gasteiger partial charge in [0, 0.05) is 44.2 Å². The van der Waals surface area contributed by atoms with Crippen LogP contribution in [0.3, 0.4) is 0 Å². The Bertz CT molecular complexity index is 796. The molecule has 0 aliphatic carbocycles. The summed E-state index contributed by atoms with van der Waals surface area (Å²) in [5.41, 5.74) is 4.39. The summed E-state index contributed by atoms with van der Waals surface area (Å²) >= 11 is 0. The van der Waals surface area contributed by atoms with Gasteiger partial charge in [0.2, 0.25) is 0 Å². The lowest BCUT2D eigenvalue weighted by Gasteiger charge is -2.13. The zero-order valence-electron chi connectivity index (χ0n) is 12.8. The van der Waals surface area contributed by atoms with Crippen molar-refractivity contribution in [3.05, 3.63) is 53.0 Å². The average molecular weight is 332 g/mol. The van der Waals surface area contributed by atoms with Gasteiger partial charge in [0.25, 0.3) is 5.89 Å². The number of hydrogen-bond acceptors (Lipinski definition) is 5. The van der Waals surface area contributed by atoms with E-state index in [1.54, 1.807) is 0 Å². The third kappa shape index (κ3) is 3.00. The standard InChI is InChI=1S/C16H17N5O.ClH/c1-21-13-7-8-17-10-12(13)15(19-21)16-18-14(20-22-16)9-11-5-3-2-4-6-11;/h2-6,17H,7-10H2,1H3;1H. The zero-order valence-corrected chi connectivity index (χ0v) is 13.6. The first-order valence-corrected chi connectivity index (χ1v) is 7.43. The van der Waals surface area contributed by atoms with E-state index in [9.17, 15) is 0 Å². The van der Waals surface area contributed by atoms with Crippen molar-refractivity contribution in [3.63, 3.8) is 0 Å². The molecule has 1 aromatic carbocycles. The molecule has 0 fully saturated rings. The van der Waals surface area contributed by atoms with Crippen molar-refractivity contribution in [3.8, 4) is 11.6 Å². The summed E-state index contributed by atoms with van der Waals surface area (Å²) in [5.74, 6) is 1.19. The first-order valence-electron chi connectivity index (χ1n) is 7.43.